The minimum atomic E-state index is -0.427. The molecule has 1 saturated carbocycles. The molecule has 2 rings (SSSR count). The van der Waals surface area contributed by atoms with Crippen molar-refractivity contribution in [2.45, 2.75) is 44.6 Å². The van der Waals surface area contributed by atoms with Crippen LogP contribution in [0, 0.1) is 0 Å². The molecule has 0 heterocycles. The topological polar surface area (TPSA) is 79.8 Å². The zero-order valence-corrected chi connectivity index (χ0v) is 14.4. The first-order valence-electron chi connectivity index (χ1n) is 8.62. The SMILES string of the molecule is C=CCOc1cccc(/C=N/NC(=O)CC(=O)NC2CCCCC2)c1. The standard InChI is InChI=1S/C19H25N3O3/c1-2-11-25-17-10-6-7-15(12-17)14-20-22-19(24)13-18(23)21-16-8-4-3-5-9-16/h2,6-7,10,12,14,16H,1,3-5,8-9,11,13H2,(H,21,23)(H,22,24)/b20-14+. The Bertz CT molecular complexity index is 622. The van der Waals surface area contributed by atoms with Crippen LogP contribution in [0.5, 0.6) is 5.75 Å². The number of ether oxygens (including phenoxy) is 1. The lowest BCUT2D eigenvalue weighted by molar-refractivity contribution is -0.129. The smallest absolute Gasteiger partial charge is 0.249 e. The maximum absolute atomic E-state index is 11.9. The van der Waals surface area contributed by atoms with E-state index in [4.69, 9.17) is 4.74 Å². The van der Waals surface area contributed by atoms with Crippen molar-refractivity contribution in [3.8, 4) is 5.75 Å². The average Bonchev–Trinajstić information content (AvgIpc) is 2.61. The quantitative estimate of drug-likeness (QED) is 0.329. The van der Waals surface area contributed by atoms with E-state index in [9.17, 15) is 9.59 Å². The fourth-order valence-corrected chi connectivity index (χ4v) is 2.73. The Kier molecular flexibility index (Phi) is 7.69. The van der Waals surface area contributed by atoms with Crippen molar-refractivity contribution in [2.24, 2.45) is 5.10 Å². The second-order valence-corrected chi connectivity index (χ2v) is 6.04. The predicted octanol–water partition coefficient (Wildman–Crippen LogP) is 2.54. The first-order valence-corrected chi connectivity index (χ1v) is 8.62. The van der Waals surface area contributed by atoms with E-state index in [0.717, 1.165) is 31.2 Å². The highest BCUT2D eigenvalue weighted by atomic mass is 16.5. The fourth-order valence-electron chi connectivity index (χ4n) is 2.73. The molecular weight excluding hydrogens is 318 g/mol. The van der Waals surface area contributed by atoms with E-state index in [-0.39, 0.29) is 18.4 Å². The van der Waals surface area contributed by atoms with Gasteiger partial charge in [-0.15, -0.1) is 0 Å². The van der Waals surface area contributed by atoms with Crippen molar-refractivity contribution < 1.29 is 14.3 Å². The molecule has 6 nitrogen and oxygen atoms in total. The van der Waals surface area contributed by atoms with E-state index in [1.54, 1.807) is 12.1 Å². The molecule has 0 spiro atoms. The van der Waals surface area contributed by atoms with Crippen LogP contribution >= 0.6 is 0 Å². The Morgan fingerprint density at radius 3 is 2.80 bits per heavy atom. The largest absolute Gasteiger partial charge is 0.490 e. The summed E-state index contributed by atoms with van der Waals surface area (Å²) in [7, 11) is 0. The van der Waals surface area contributed by atoms with Gasteiger partial charge in [-0.25, -0.2) is 5.43 Å². The third-order valence-corrected chi connectivity index (χ3v) is 3.92. The zero-order chi connectivity index (χ0) is 17.9. The molecule has 6 heteroatoms. The third-order valence-electron chi connectivity index (χ3n) is 3.92. The number of nitrogens with one attached hydrogen (secondary N) is 2. The summed E-state index contributed by atoms with van der Waals surface area (Å²) in [5.41, 5.74) is 3.16. The summed E-state index contributed by atoms with van der Waals surface area (Å²) in [6.45, 7) is 4.02. The number of benzene rings is 1. The van der Waals surface area contributed by atoms with Crippen molar-refractivity contribution in [3.63, 3.8) is 0 Å². The van der Waals surface area contributed by atoms with Crippen LogP contribution in [-0.2, 0) is 9.59 Å². The molecule has 2 amide bonds. The summed E-state index contributed by atoms with van der Waals surface area (Å²) in [6, 6.07) is 7.51. The van der Waals surface area contributed by atoms with Crippen LogP contribution in [0.4, 0.5) is 0 Å². The van der Waals surface area contributed by atoms with Crippen LogP contribution in [0.25, 0.3) is 0 Å². The number of carbonyl (C=O) groups is 2. The molecule has 25 heavy (non-hydrogen) atoms. The summed E-state index contributed by atoms with van der Waals surface area (Å²) in [5.74, 6) is 0.0186. The van der Waals surface area contributed by atoms with Crippen molar-refractivity contribution >= 4 is 18.0 Å². The van der Waals surface area contributed by atoms with Gasteiger partial charge < -0.3 is 10.1 Å². The monoisotopic (exact) mass is 343 g/mol. The Morgan fingerprint density at radius 2 is 2.04 bits per heavy atom. The maximum Gasteiger partial charge on any atom is 0.249 e. The van der Waals surface area contributed by atoms with Crippen molar-refractivity contribution in [1.29, 1.82) is 0 Å². The summed E-state index contributed by atoms with van der Waals surface area (Å²) in [6.07, 6.45) is 8.45. The summed E-state index contributed by atoms with van der Waals surface area (Å²) in [5, 5.41) is 6.79. The highest BCUT2D eigenvalue weighted by molar-refractivity contribution is 5.97. The molecule has 0 radical (unpaired) electrons. The van der Waals surface area contributed by atoms with Gasteiger partial charge in [-0.3, -0.25) is 9.59 Å². The van der Waals surface area contributed by atoms with Crippen molar-refractivity contribution in [2.75, 3.05) is 6.61 Å². The van der Waals surface area contributed by atoms with Crippen LogP contribution in [0.1, 0.15) is 44.1 Å². The summed E-state index contributed by atoms with van der Waals surface area (Å²) >= 11 is 0. The molecule has 0 bridgehead atoms. The van der Waals surface area contributed by atoms with Crippen LogP contribution in [0.3, 0.4) is 0 Å². The average molecular weight is 343 g/mol. The minimum Gasteiger partial charge on any atom is -0.490 e. The van der Waals surface area contributed by atoms with Gasteiger partial charge in [0.15, 0.2) is 0 Å². The van der Waals surface area contributed by atoms with Gasteiger partial charge in [-0.05, 0) is 30.5 Å². The number of hydrazone groups is 1. The maximum atomic E-state index is 11.9. The highest BCUT2D eigenvalue weighted by Crippen LogP contribution is 2.17. The molecule has 1 aliphatic rings. The molecule has 1 fully saturated rings. The molecule has 134 valence electrons. The van der Waals surface area contributed by atoms with Crippen LogP contribution < -0.4 is 15.5 Å². The summed E-state index contributed by atoms with van der Waals surface area (Å²) < 4.78 is 5.43. The van der Waals surface area contributed by atoms with E-state index in [2.05, 4.69) is 22.4 Å². The lowest BCUT2D eigenvalue weighted by Gasteiger charge is -2.22. The number of rotatable bonds is 8. The van der Waals surface area contributed by atoms with Gasteiger partial charge in [-0.2, -0.15) is 5.10 Å². The van der Waals surface area contributed by atoms with Gasteiger partial charge in [0.05, 0.1) is 6.21 Å². The molecule has 0 unspecified atom stereocenters. The van der Waals surface area contributed by atoms with Gasteiger partial charge in [0.2, 0.25) is 11.8 Å². The fraction of sp³-hybridized carbons (Fsp3) is 0.421. The summed E-state index contributed by atoms with van der Waals surface area (Å²) in [4.78, 5) is 23.6. The number of carbonyl (C=O) groups excluding carboxylic acids is 2. The van der Waals surface area contributed by atoms with E-state index in [0.29, 0.717) is 12.4 Å². The molecule has 0 saturated heterocycles. The second kappa shape index (κ2) is 10.3. The molecular formula is C19H25N3O3. The van der Waals surface area contributed by atoms with Gasteiger partial charge in [0.25, 0.3) is 0 Å². The van der Waals surface area contributed by atoms with Crippen molar-refractivity contribution in [3.05, 3.63) is 42.5 Å². The molecule has 0 aromatic heterocycles. The first-order chi connectivity index (χ1) is 12.2. The Hall–Kier alpha value is -2.63. The molecule has 0 atom stereocenters. The van der Waals surface area contributed by atoms with Crippen molar-refractivity contribution in [1.82, 2.24) is 10.7 Å². The second-order valence-electron chi connectivity index (χ2n) is 6.04. The Labute approximate surface area is 148 Å². The number of hydrogen-bond acceptors (Lipinski definition) is 4. The zero-order valence-electron chi connectivity index (χ0n) is 14.4. The Balaban J connectivity index is 1.74. The van der Waals surface area contributed by atoms with E-state index < -0.39 is 5.91 Å². The number of hydrogen-bond donors (Lipinski definition) is 2. The molecule has 1 aromatic rings. The van der Waals surface area contributed by atoms with E-state index >= 15 is 0 Å². The molecule has 0 aliphatic heterocycles. The first kappa shape index (κ1) is 18.7. The molecule has 1 aromatic carbocycles. The Morgan fingerprint density at radius 1 is 1.24 bits per heavy atom. The number of amides is 2. The highest BCUT2D eigenvalue weighted by Gasteiger charge is 2.17. The van der Waals surface area contributed by atoms with Gasteiger partial charge in [-0.1, -0.05) is 44.1 Å². The predicted molar refractivity (Wildman–Crippen MR) is 97.5 cm³/mol. The normalized spacial score (nSPS) is 14.9. The van der Waals surface area contributed by atoms with Crippen LogP contribution in [0.15, 0.2) is 42.0 Å². The van der Waals surface area contributed by atoms with Crippen LogP contribution in [0.2, 0.25) is 0 Å². The minimum absolute atomic E-state index is 0.204. The molecule has 2 N–H and O–H groups in total. The van der Waals surface area contributed by atoms with E-state index in [1.807, 2.05) is 18.2 Å². The third kappa shape index (κ3) is 7.20. The lowest BCUT2D eigenvalue weighted by atomic mass is 9.95. The van der Waals surface area contributed by atoms with Gasteiger partial charge in [0, 0.05) is 6.04 Å². The molecule has 1 aliphatic carbocycles. The lowest BCUT2D eigenvalue weighted by Crippen LogP contribution is -2.38. The van der Waals surface area contributed by atoms with Crippen LogP contribution in [-0.4, -0.2) is 30.7 Å². The number of nitrogens with zero attached hydrogens (tertiary/aromatic N) is 1. The van der Waals surface area contributed by atoms with Gasteiger partial charge >= 0.3 is 0 Å². The van der Waals surface area contributed by atoms with E-state index in [1.165, 1.54) is 12.6 Å². The van der Waals surface area contributed by atoms with Gasteiger partial charge in [0.1, 0.15) is 18.8 Å².